The van der Waals surface area contributed by atoms with E-state index in [0.717, 1.165) is 12.8 Å². The van der Waals surface area contributed by atoms with E-state index in [9.17, 15) is 19.2 Å². The van der Waals surface area contributed by atoms with Crippen molar-refractivity contribution in [2.45, 2.75) is 64.5 Å². The maximum Gasteiger partial charge on any atom is 0.344 e. The van der Waals surface area contributed by atoms with Crippen molar-refractivity contribution in [1.29, 1.82) is 0 Å². The van der Waals surface area contributed by atoms with E-state index >= 15 is 0 Å². The zero-order valence-electron chi connectivity index (χ0n) is 16.0. The molecule has 1 aromatic heterocycles. The number of aromatic nitrogens is 2. The molecule has 0 radical (unpaired) electrons. The van der Waals surface area contributed by atoms with Crippen molar-refractivity contribution >= 4 is 23.6 Å². The predicted molar refractivity (Wildman–Crippen MR) is 95.4 cm³/mol. The van der Waals surface area contributed by atoms with Gasteiger partial charge in [-0.05, 0) is 52.4 Å². The first-order valence-corrected chi connectivity index (χ1v) is 9.11. The first-order valence-electron chi connectivity index (χ1n) is 9.11. The Morgan fingerprint density at radius 3 is 2.44 bits per heavy atom. The molecule has 0 unspecified atom stereocenters. The Morgan fingerprint density at radius 2 is 1.89 bits per heavy atom. The lowest BCUT2D eigenvalue weighted by Crippen LogP contribution is -2.52. The minimum absolute atomic E-state index is 0.0932. The second kappa shape index (κ2) is 6.47. The first kappa shape index (κ1) is 19.1. The van der Waals surface area contributed by atoms with Crippen molar-refractivity contribution in [3.05, 3.63) is 18.0 Å². The summed E-state index contributed by atoms with van der Waals surface area (Å²) >= 11 is 0. The maximum absolute atomic E-state index is 12.7. The van der Waals surface area contributed by atoms with Gasteiger partial charge in [0, 0.05) is 6.20 Å². The van der Waals surface area contributed by atoms with Gasteiger partial charge in [-0.1, -0.05) is 6.92 Å². The van der Waals surface area contributed by atoms with Gasteiger partial charge in [-0.25, -0.2) is 10.2 Å². The fraction of sp³-hybridized carbons (Fsp3) is 0.611. The summed E-state index contributed by atoms with van der Waals surface area (Å²) < 4.78 is 1.57. The van der Waals surface area contributed by atoms with Gasteiger partial charge in [-0.3, -0.25) is 19.1 Å². The smallest absolute Gasteiger partial charge is 0.322 e. The SMILES string of the molecule is CC1CCC2(CC1)NC(=O)N(NC(=O)C(=O)c1cnn(C(C)(C)C)c1)C2=O. The van der Waals surface area contributed by atoms with Crippen molar-refractivity contribution in [2.24, 2.45) is 5.92 Å². The highest BCUT2D eigenvalue weighted by molar-refractivity contribution is 6.43. The number of imide groups is 1. The average Bonchev–Trinajstić information content (AvgIpc) is 3.17. The van der Waals surface area contributed by atoms with Crippen LogP contribution in [0.5, 0.6) is 0 Å². The molecule has 0 bridgehead atoms. The fourth-order valence-electron chi connectivity index (χ4n) is 3.41. The number of amides is 4. The van der Waals surface area contributed by atoms with Gasteiger partial charge >= 0.3 is 11.9 Å². The van der Waals surface area contributed by atoms with E-state index in [4.69, 9.17) is 0 Å². The highest BCUT2D eigenvalue weighted by Crippen LogP contribution is 2.35. The molecule has 2 fully saturated rings. The number of nitrogens with one attached hydrogen (secondary N) is 2. The number of rotatable bonds is 3. The molecule has 0 atom stereocenters. The van der Waals surface area contributed by atoms with E-state index in [0.29, 0.717) is 23.8 Å². The van der Waals surface area contributed by atoms with Crippen LogP contribution < -0.4 is 10.7 Å². The summed E-state index contributed by atoms with van der Waals surface area (Å²) in [6.45, 7) is 7.83. The predicted octanol–water partition coefficient (Wildman–Crippen LogP) is 1.35. The summed E-state index contributed by atoms with van der Waals surface area (Å²) in [4.78, 5) is 49.6. The Bertz CT molecular complexity index is 799. The number of Topliss-reactive ketones (excluding diaryl/α,β-unsaturated/α-hetero) is 1. The standard InChI is InChI=1S/C18H25N5O4/c1-11-5-7-18(8-6-11)15(26)23(16(27)20-18)21-14(25)13(24)12-9-19-22(10-12)17(2,3)4/h9-11H,5-8H2,1-4H3,(H,20,27)(H,21,25). The van der Waals surface area contributed by atoms with Crippen LogP contribution in [0.25, 0.3) is 0 Å². The molecule has 1 aliphatic carbocycles. The average molecular weight is 375 g/mol. The lowest BCUT2D eigenvalue weighted by atomic mass is 9.77. The van der Waals surface area contributed by atoms with Gasteiger partial charge in [0.25, 0.3) is 11.7 Å². The minimum Gasteiger partial charge on any atom is -0.322 e. The fourth-order valence-corrected chi connectivity index (χ4v) is 3.41. The molecule has 27 heavy (non-hydrogen) atoms. The monoisotopic (exact) mass is 375 g/mol. The summed E-state index contributed by atoms with van der Waals surface area (Å²) in [6, 6.07) is -0.707. The summed E-state index contributed by atoms with van der Waals surface area (Å²) in [6.07, 6.45) is 5.45. The second-order valence-electron chi connectivity index (χ2n) is 8.45. The molecular formula is C18H25N5O4. The van der Waals surface area contributed by atoms with Crippen LogP contribution in [0.3, 0.4) is 0 Å². The van der Waals surface area contributed by atoms with Gasteiger partial charge in [-0.2, -0.15) is 10.1 Å². The third kappa shape index (κ3) is 3.45. The third-order valence-electron chi connectivity index (χ3n) is 5.24. The van der Waals surface area contributed by atoms with Crippen LogP contribution in [-0.2, 0) is 15.1 Å². The molecule has 0 aromatic carbocycles. The molecule has 1 saturated carbocycles. The normalized spacial score (nSPS) is 25.6. The molecule has 146 valence electrons. The van der Waals surface area contributed by atoms with Crippen LogP contribution in [0.15, 0.2) is 12.4 Å². The van der Waals surface area contributed by atoms with Crippen molar-refractivity contribution in [3.8, 4) is 0 Å². The van der Waals surface area contributed by atoms with Crippen molar-refractivity contribution < 1.29 is 19.2 Å². The van der Waals surface area contributed by atoms with Crippen LogP contribution in [0.2, 0.25) is 0 Å². The highest BCUT2D eigenvalue weighted by Gasteiger charge is 2.53. The lowest BCUT2D eigenvalue weighted by molar-refractivity contribution is -0.138. The summed E-state index contributed by atoms with van der Waals surface area (Å²) in [5.41, 5.74) is 0.929. The molecule has 9 nitrogen and oxygen atoms in total. The van der Waals surface area contributed by atoms with E-state index in [1.807, 2.05) is 20.8 Å². The minimum atomic E-state index is -1.05. The number of hydrogen-bond acceptors (Lipinski definition) is 5. The maximum atomic E-state index is 12.7. The number of carbonyl (C=O) groups excluding carboxylic acids is 4. The van der Waals surface area contributed by atoms with Crippen LogP contribution in [-0.4, -0.2) is 44.0 Å². The van der Waals surface area contributed by atoms with Gasteiger partial charge < -0.3 is 5.32 Å². The zero-order chi connectivity index (χ0) is 20.0. The lowest BCUT2D eigenvalue weighted by Gasteiger charge is -2.33. The van der Waals surface area contributed by atoms with Gasteiger partial charge in [0.15, 0.2) is 0 Å². The molecular weight excluding hydrogens is 350 g/mol. The van der Waals surface area contributed by atoms with Crippen molar-refractivity contribution in [3.63, 3.8) is 0 Å². The zero-order valence-corrected chi connectivity index (χ0v) is 16.0. The quantitative estimate of drug-likeness (QED) is 0.470. The molecule has 1 saturated heterocycles. The number of hydrazine groups is 1. The number of carbonyl (C=O) groups is 4. The van der Waals surface area contributed by atoms with Crippen LogP contribution in [0.4, 0.5) is 4.79 Å². The van der Waals surface area contributed by atoms with Gasteiger partial charge in [0.05, 0.1) is 17.3 Å². The first-order chi connectivity index (χ1) is 12.5. The van der Waals surface area contributed by atoms with E-state index in [-0.39, 0.29) is 11.1 Å². The van der Waals surface area contributed by atoms with Crippen LogP contribution in [0, 0.1) is 5.92 Å². The van der Waals surface area contributed by atoms with Gasteiger partial charge in [0.2, 0.25) is 0 Å². The molecule has 1 aliphatic heterocycles. The largest absolute Gasteiger partial charge is 0.344 e. The van der Waals surface area contributed by atoms with E-state index < -0.39 is 29.2 Å². The number of hydrogen-bond donors (Lipinski definition) is 2. The van der Waals surface area contributed by atoms with E-state index in [2.05, 4.69) is 22.8 Å². The number of ketones is 1. The number of nitrogens with zero attached hydrogens (tertiary/aromatic N) is 3. The molecule has 2 N–H and O–H groups in total. The Hall–Kier alpha value is -2.71. The van der Waals surface area contributed by atoms with E-state index in [1.54, 1.807) is 4.68 Å². The second-order valence-corrected chi connectivity index (χ2v) is 8.45. The Kier molecular flexibility index (Phi) is 4.57. The molecule has 2 heterocycles. The van der Waals surface area contributed by atoms with Crippen molar-refractivity contribution in [1.82, 2.24) is 25.5 Å². The summed E-state index contributed by atoms with van der Waals surface area (Å²) in [7, 11) is 0. The number of urea groups is 1. The molecule has 3 rings (SSSR count). The molecule has 2 aliphatic rings. The van der Waals surface area contributed by atoms with Gasteiger partial charge in [-0.15, -0.1) is 0 Å². The van der Waals surface area contributed by atoms with E-state index in [1.165, 1.54) is 12.4 Å². The third-order valence-corrected chi connectivity index (χ3v) is 5.24. The van der Waals surface area contributed by atoms with Crippen LogP contribution in [0.1, 0.15) is 63.7 Å². The molecule has 9 heteroatoms. The molecule has 1 aromatic rings. The topological polar surface area (TPSA) is 113 Å². The summed E-state index contributed by atoms with van der Waals surface area (Å²) in [5, 5.41) is 7.41. The van der Waals surface area contributed by atoms with Gasteiger partial charge in [0.1, 0.15) is 5.54 Å². The Balaban J connectivity index is 1.70. The summed E-state index contributed by atoms with van der Waals surface area (Å²) in [5.74, 6) is -1.92. The Labute approximate surface area is 157 Å². The van der Waals surface area contributed by atoms with Crippen LogP contribution >= 0.6 is 0 Å². The highest BCUT2D eigenvalue weighted by atomic mass is 16.2. The molecule has 4 amide bonds. The molecule has 1 spiro atoms. The Morgan fingerprint density at radius 1 is 1.26 bits per heavy atom. The van der Waals surface area contributed by atoms with Crippen molar-refractivity contribution in [2.75, 3.05) is 0 Å².